The zero-order chi connectivity index (χ0) is 17.2. The van der Waals surface area contributed by atoms with E-state index in [1.165, 1.54) is 12.8 Å². The van der Waals surface area contributed by atoms with Crippen molar-refractivity contribution in [3.63, 3.8) is 0 Å². The van der Waals surface area contributed by atoms with Gasteiger partial charge in [-0.25, -0.2) is 4.79 Å². The van der Waals surface area contributed by atoms with Crippen LogP contribution in [0.1, 0.15) is 60.3 Å². The van der Waals surface area contributed by atoms with E-state index in [0.717, 1.165) is 25.9 Å². The summed E-state index contributed by atoms with van der Waals surface area (Å²) in [4.78, 5) is 14.5. The number of nitrogens with zero attached hydrogens (tertiary/aromatic N) is 1. The van der Waals surface area contributed by atoms with Gasteiger partial charge in [-0.15, -0.1) is 0 Å². The Balaban J connectivity index is 1.91. The number of likely N-dealkylation sites (tertiary alicyclic amines) is 1. The summed E-state index contributed by atoms with van der Waals surface area (Å²) in [5, 5.41) is 13.2. The largest absolute Gasteiger partial charge is 0.444 e. The van der Waals surface area contributed by atoms with E-state index in [1.807, 2.05) is 20.8 Å². The van der Waals surface area contributed by atoms with Gasteiger partial charge in [0.25, 0.3) is 0 Å². The smallest absolute Gasteiger partial charge is 0.407 e. The molecule has 0 radical (unpaired) electrons. The van der Waals surface area contributed by atoms with Crippen molar-refractivity contribution in [1.29, 1.82) is 0 Å². The van der Waals surface area contributed by atoms with Gasteiger partial charge in [-0.05, 0) is 58.3 Å². The number of carbonyl (C=O) groups excluding carboxylic acids is 1. The molecule has 1 saturated heterocycles. The number of aliphatic hydroxyl groups excluding tert-OH is 1. The van der Waals surface area contributed by atoms with Crippen molar-refractivity contribution >= 4 is 6.09 Å². The van der Waals surface area contributed by atoms with Gasteiger partial charge in [0.1, 0.15) is 5.60 Å². The molecule has 1 saturated carbocycles. The van der Waals surface area contributed by atoms with Crippen LogP contribution in [0.5, 0.6) is 0 Å². The van der Waals surface area contributed by atoms with E-state index in [-0.39, 0.29) is 24.2 Å². The Labute approximate surface area is 140 Å². The molecule has 5 heteroatoms. The number of nitrogens with one attached hydrogen (secondary N) is 1. The second kappa shape index (κ2) is 7.39. The topological polar surface area (TPSA) is 61.8 Å². The van der Waals surface area contributed by atoms with Crippen molar-refractivity contribution in [3.8, 4) is 0 Å². The Morgan fingerprint density at radius 1 is 1.30 bits per heavy atom. The number of hydrogen-bond donors (Lipinski definition) is 2. The van der Waals surface area contributed by atoms with Gasteiger partial charge in [-0.3, -0.25) is 4.90 Å². The van der Waals surface area contributed by atoms with Crippen LogP contribution in [-0.4, -0.2) is 53.0 Å². The molecular weight excluding hydrogens is 292 g/mol. The zero-order valence-electron chi connectivity index (χ0n) is 15.3. The van der Waals surface area contributed by atoms with Crippen LogP contribution in [0.25, 0.3) is 0 Å². The molecule has 0 bridgehead atoms. The maximum atomic E-state index is 12.1. The molecule has 0 aromatic carbocycles. The fourth-order valence-electron chi connectivity index (χ4n) is 3.34. The minimum atomic E-state index is -0.470. The molecule has 23 heavy (non-hydrogen) atoms. The van der Waals surface area contributed by atoms with Crippen LogP contribution in [0.15, 0.2) is 0 Å². The lowest BCUT2D eigenvalue weighted by molar-refractivity contribution is 0.0374. The quantitative estimate of drug-likeness (QED) is 0.815. The molecule has 3 atom stereocenters. The Morgan fingerprint density at radius 3 is 2.48 bits per heavy atom. The van der Waals surface area contributed by atoms with Gasteiger partial charge < -0.3 is 15.2 Å². The van der Waals surface area contributed by atoms with Crippen LogP contribution in [0.3, 0.4) is 0 Å². The Hall–Kier alpha value is -0.810. The van der Waals surface area contributed by atoms with E-state index < -0.39 is 5.60 Å². The summed E-state index contributed by atoms with van der Waals surface area (Å²) in [6.07, 6.45) is 3.67. The summed E-state index contributed by atoms with van der Waals surface area (Å²) in [6, 6.07) is 0.792. The molecule has 2 aliphatic rings. The van der Waals surface area contributed by atoms with Crippen molar-refractivity contribution in [2.75, 3.05) is 13.1 Å². The number of ether oxygens (including phenoxy) is 1. The summed E-state index contributed by atoms with van der Waals surface area (Å²) in [5.74, 6) is 0.713. The van der Waals surface area contributed by atoms with Gasteiger partial charge in [0.15, 0.2) is 0 Å². The van der Waals surface area contributed by atoms with Gasteiger partial charge in [0.05, 0.1) is 6.10 Å². The number of alkyl carbamates (subject to hydrolysis) is 1. The van der Waals surface area contributed by atoms with Crippen molar-refractivity contribution < 1.29 is 14.6 Å². The summed E-state index contributed by atoms with van der Waals surface area (Å²) < 4.78 is 5.39. The first-order valence-corrected chi connectivity index (χ1v) is 9.05. The minimum Gasteiger partial charge on any atom is -0.444 e. The first kappa shape index (κ1) is 18.5. The van der Waals surface area contributed by atoms with Crippen molar-refractivity contribution in [3.05, 3.63) is 0 Å². The molecule has 3 unspecified atom stereocenters. The maximum absolute atomic E-state index is 12.1. The molecule has 1 heterocycles. The fraction of sp³-hybridized carbons (Fsp3) is 0.944. The number of carbonyl (C=O) groups is 1. The average Bonchev–Trinajstić information content (AvgIpc) is 3.19. The number of piperidine rings is 1. The maximum Gasteiger partial charge on any atom is 0.407 e. The monoisotopic (exact) mass is 326 g/mol. The summed E-state index contributed by atoms with van der Waals surface area (Å²) >= 11 is 0. The van der Waals surface area contributed by atoms with Crippen molar-refractivity contribution in [2.24, 2.45) is 11.8 Å². The molecule has 2 fully saturated rings. The molecule has 0 aromatic rings. The summed E-state index contributed by atoms with van der Waals surface area (Å²) in [7, 11) is 0. The molecule has 2 N–H and O–H groups in total. The van der Waals surface area contributed by atoms with Crippen LogP contribution < -0.4 is 5.32 Å². The van der Waals surface area contributed by atoms with Crippen LogP contribution in [-0.2, 0) is 4.74 Å². The standard InChI is InChI=1S/C18H34N2O3/c1-12(2)16(21)9-13-8-14(11-20(10-13)15-6-7-15)19-17(22)23-18(3,4)5/h12-16,21H,6-11H2,1-5H3,(H,19,22). The highest BCUT2D eigenvalue weighted by atomic mass is 16.6. The summed E-state index contributed by atoms with van der Waals surface area (Å²) in [5.41, 5.74) is -0.470. The van der Waals surface area contributed by atoms with E-state index in [1.54, 1.807) is 0 Å². The van der Waals surface area contributed by atoms with E-state index in [9.17, 15) is 9.90 Å². The first-order chi connectivity index (χ1) is 10.6. The SMILES string of the molecule is CC(C)C(O)CC1CC(NC(=O)OC(C)(C)C)CN(C2CC2)C1. The van der Waals surface area contributed by atoms with Crippen molar-refractivity contribution in [2.45, 2.75) is 84.1 Å². The predicted octanol–water partition coefficient (Wildman–Crippen LogP) is 2.77. The van der Waals surface area contributed by atoms with Crippen LogP contribution in [0.4, 0.5) is 4.79 Å². The molecule has 1 aliphatic heterocycles. The molecule has 5 nitrogen and oxygen atoms in total. The molecule has 134 valence electrons. The van der Waals surface area contributed by atoms with E-state index in [0.29, 0.717) is 12.0 Å². The number of hydrogen-bond acceptors (Lipinski definition) is 4. The van der Waals surface area contributed by atoms with E-state index in [2.05, 4.69) is 24.1 Å². The van der Waals surface area contributed by atoms with E-state index in [4.69, 9.17) is 4.74 Å². The van der Waals surface area contributed by atoms with E-state index >= 15 is 0 Å². The second-order valence-corrected chi connectivity index (χ2v) is 8.68. The highest BCUT2D eigenvalue weighted by Gasteiger charge is 2.37. The lowest BCUT2D eigenvalue weighted by Gasteiger charge is -2.39. The molecule has 2 rings (SSSR count). The average molecular weight is 326 g/mol. The lowest BCUT2D eigenvalue weighted by Crippen LogP contribution is -2.52. The number of amides is 1. The third kappa shape index (κ3) is 6.30. The Bertz CT molecular complexity index is 400. The Kier molecular flexibility index (Phi) is 5.95. The van der Waals surface area contributed by atoms with Gasteiger partial charge in [0.2, 0.25) is 0 Å². The van der Waals surface area contributed by atoms with Gasteiger partial charge >= 0.3 is 6.09 Å². The lowest BCUT2D eigenvalue weighted by atomic mass is 9.86. The number of rotatable bonds is 5. The minimum absolute atomic E-state index is 0.114. The van der Waals surface area contributed by atoms with Crippen LogP contribution in [0, 0.1) is 11.8 Å². The molecule has 1 amide bonds. The molecule has 1 aliphatic carbocycles. The number of aliphatic hydroxyl groups is 1. The highest BCUT2D eigenvalue weighted by Crippen LogP contribution is 2.33. The highest BCUT2D eigenvalue weighted by molar-refractivity contribution is 5.68. The summed E-state index contributed by atoms with van der Waals surface area (Å²) in [6.45, 7) is 11.7. The Morgan fingerprint density at radius 2 is 1.96 bits per heavy atom. The normalized spacial score (nSPS) is 27.8. The predicted molar refractivity (Wildman–Crippen MR) is 91.3 cm³/mol. The van der Waals surface area contributed by atoms with Crippen LogP contribution in [0.2, 0.25) is 0 Å². The first-order valence-electron chi connectivity index (χ1n) is 9.05. The second-order valence-electron chi connectivity index (χ2n) is 8.68. The molecule has 0 spiro atoms. The van der Waals surface area contributed by atoms with Gasteiger partial charge in [-0.2, -0.15) is 0 Å². The zero-order valence-corrected chi connectivity index (χ0v) is 15.3. The van der Waals surface area contributed by atoms with Crippen molar-refractivity contribution in [1.82, 2.24) is 10.2 Å². The molecular formula is C18H34N2O3. The van der Waals surface area contributed by atoms with Gasteiger partial charge in [0, 0.05) is 25.2 Å². The van der Waals surface area contributed by atoms with Gasteiger partial charge in [-0.1, -0.05) is 13.8 Å². The fourth-order valence-corrected chi connectivity index (χ4v) is 3.34. The van der Waals surface area contributed by atoms with Crippen LogP contribution >= 0.6 is 0 Å². The third-order valence-corrected chi connectivity index (χ3v) is 4.69. The third-order valence-electron chi connectivity index (χ3n) is 4.69. The molecule has 0 aromatic heterocycles.